The number of carbonyl (C=O) groups excluding carboxylic acids is 1. The van der Waals surface area contributed by atoms with Crippen molar-refractivity contribution in [1.82, 2.24) is 4.90 Å². The Morgan fingerprint density at radius 3 is 2.79 bits per heavy atom. The zero-order valence-electron chi connectivity index (χ0n) is 11.0. The van der Waals surface area contributed by atoms with Crippen LogP contribution in [0, 0.1) is 5.92 Å². The van der Waals surface area contributed by atoms with Gasteiger partial charge in [-0.25, -0.2) is 0 Å². The fourth-order valence-corrected chi connectivity index (χ4v) is 4.20. The van der Waals surface area contributed by atoms with Crippen LogP contribution >= 0.6 is 27.3 Å². The topological polar surface area (TPSA) is 55.6 Å². The molecule has 1 amide bonds. The Hall–Kier alpha value is -0.590. The molecule has 2 rings (SSSR count). The van der Waals surface area contributed by atoms with E-state index in [1.54, 1.807) is 18.4 Å². The van der Waals surface area contributed by atoms with E-state index in [1.807, 2.05) is 0 Å². The van der Waals surface area contributed by atoms with Crippen molar-refractivity contribution >= 4 is 33.2 Å². The molecular weight excluding hydrogens is 328 g/mol. The number of methoxy groups -OCH3 is 1. The fourth-order valence-electron chi connectivity index (χ4n) is 2.47. The molecule has 1 aromatic heterocycles. The van der Waals surface area contributed by atoms with Gasteiger partial charge in [-0.1, -0.05) is 0 Å². The number of nitrogens with zero attached hydrogens (tertiary/aromatic N) is 1. The molecule has 0 radical (unpaired) electrons. The molecule has 0 atom stereocenters. The quantitative estimate of drug-likeness (QED) is 0.891. The van der Waals surface area contributed by atoms with Crippen molar-refractivity contribution in [2.24, 2.45) is 11.7 Å². The molecular formula is C13H19BrN2O2S. The minimum Gasteiger partial charge on any atom is -0.486 e. The van der Waals surface area contributed by atoms with Crippen LogP contribution in [0.4, 0.5) is 0 Å². The maximum absolute atomic E-state index is 10.9. The number of likely N-dealkylation sites (tertiary alicyclic amines) is 1. The lowest BCUT2D eigenvalue weighted by Crippen LogP contribution is -2.34. The molecule has 2 N–H and O–H groups in total. The van der Waals surface area contributed by atoms with Crippen LogP contribution in [0.25, 0.3) is 0 Å². The summed E-state index contributed by atoms with van der Waals surface area (Å²) < 4.78 is 6.30. The third-order valence-electron chi connectivity index (χ3n) is 3.47. The second-order valence-electron chi connectivity index (χ2n) is 4.94. The SMILES string of the molecule is COc1sc(CN2CCC(CC(N)=O)CC2)cc1Br. The Bertz CT molecular complexity index is 442. The number of rotatable bonds is 5. The molecule has 1 aromatic rings. The van der Waals surface area contributed by atoms with E-state index in [4.69, 9.17) is 10.5 Å². The Morgan fingerprint density at radius 1 is 1.58 bits per heavy atom. The number of piperidine rings is 1. The van der Waals surface area contributed by atoms with Crippen molar-refractivity contribution in [3.63, 3.8) is 0 Å². The molecule has 0 aliphatic carbocycles. The molecule has 0 spiro atoms. The Labute approximate surface area is 126 Å². The van der Waals surface area contributed by atoms with Crippen LogP contribution < -0.4 is 10.5 Å². The molecule has 106 valence electrons. The van der Waals surface area contributed by atoms with E-state index >= 15 is 0 Å². The first kappa shape index (κ1) is 14.8. The van der Waals surface area contributed by atoms with Crippen molar-refractivity contribution in [3.8, 4) is 5.06 Å². The molecule has 1 aliphatic heterocycles. The molecule has 0 saturated carbocycles. The van der Waals surface area contributed by atoms with Crippen LogP contribution in [0.2, 0.25) is 0 Å². The Morgan fingerprint density at radius 2 is 2.26 bits per heavy atom. The van der Waals surface area contributed by atoms with Gasteiger partial charge in [0.25, 0.3) is 0 Å². The Balaban J connectivity index is 1.83. The van der Waals surface area contributed by atoms with Gasteiger partial charge < -0.3 is 10.5 Å². The predicted octanol–water partition coefficient (Wildman–Crippen LogP) is 2.61. The van der Waals surface area contributed by atoms with Gasteiger partial charge in [0.2, 0.25) is 5.91 Å². The lowest BCUT2D eigenvalue weighted by Gasteiger charge is -2.31. The number of carbonyl (C=O) groups is 1. The van der Waals surface area contributed by atoms with Gasteiger partial charge in [-0.2, -0.15) is 0 Å². The molecule has 0 bridgehead atoms. The van der Waals surface area contributed by atoms with Gasteiger partial charge in [0, 0.05) is 17.8 Å². The average Bonchev–Trinajstić information content (AvgIpc) is 2.71. The molecule has 2 heterocycles. The first-order valence-corrected chi connectivity index (χ1v) is 8.02. The summed E-state index contributed by atoms with van der Waals surface area (Å²) in [4.78, 5) is 14.6. The van der Waals surface area contributed by atoms with E-state index in [9.17, 15) is 4.79 Å². The largest absolute Gasteiger partial charge is 0.486 e. The average molecular weight is 347 g/mol. The second-order valence-corrected chi connectivity index (χ2v) is 6.90. The van der Waals surface area contributed by atoms with E-state index in [2.05, 4.69) is 26.9 Å². The smallest absolute Gasteiger partial charge is 0.217 e. The highest BCUT2D eigenvalue weighted by molar-refractivity contribution is 9.10. The lowest BCUT2D eigenvalue weighted by molar-refractivity contribution is -0.119. The minimum absolute atomic E-state index is 0.176. The highest BCUT2D eigenvalue weighted by Gasteiger charge is 2.21. The molecule has 19 heavy (non-hydrogen) atoms. The number of amides is 1. The van der Waals surface area contributed by atoms with Gasteiger partial charge in [0.05, 0.1) is 11.6 Å². The van der Waals surface area contributed by atoms with Crippen LogP contribution in [-0.4, -0.2) is 31.0 Å². The Kier molecular flexibility index (Phi) is 5.24. The number of hydrogen-bond donors (Lipinski definition) is 1. The van der Waals surface area contributed by atoms with Gasteiger partial charge in [0.15, 0.2) is 5.06 Å². The second kappa shape index (κ2) is 6.72. The van der Waals surface area contributed by atoms with Crippen LogP contribution in [0.15, 0.2) is 10.5 Å². The zero-order valence-corrected chi connectivity index (χ0v) is 13.4. The maximum Gasteiger partial charge on any atom is 0.217 e. The van der Waals surface area contributed by atoms with E-state index in [0.717, 1.165) is 42.0 Å². The summed E-state index contributed by atoms with van der Waals surface area (Å²) in [6, 6.07) is 2.12. The molecule has 0 unspecified atom stereocenters. The molecule has 6 heteroatoms. The van der Waals surface area contributed by atoms with Crippen LogP contribution in [0.3, 0.4) is 0 Å². The summed E-state index contributed by atoms with van der Waals surface area (Å²) in [5, 5.41) is 0.929. The van der Waals surface area contributed by atoms with E-state index in [-0.39, 0.29) is 5.91 Å². The summed E-state index contributed by atoms with van der Waals surface area (Å²) in [5.74, 6) is 0.295. The third-order valence-corrected chi connectivity index (χ3v) is 5.40. The monoisotopic (exact) mass is 346 g/mol. The first-order chi connectivity index (χ1) is 9.08. The zero-order chi connectivity index (χ0) is 13.8. The highest BCUT2D eigenvalue weighted by Crippen LogP contribution is 2.35. The number of ether oxygens (including phenoxy) is 1. The van der Waals surface area contributed by atoms with Crippen molar-refractivity contribution in [2.45, 2.75) is 25.8 Å². The molecule has 1 saturated heterocycles. The van der Waals surface area contributed by atoms with Crippen molar-refractivity contribution < 1.29 is 9.53 Å². The normalized spacial score (nSPS) is 17.6. The summed E-state index contributed by atoms with van der Waals surface area (Å²) in [6.07, 6.45) is 2.66. The van der Waals surface area contributed by atoms with Gasteiger partial charge >= 0.3 is 0 Å². The van der Waals surface area contributed by atoms with Gasteiger partial charge in [-0.3, -0.25) is 9.69 Å². The van der Waals surface area contributed by atoms with E-state index in [0.29, 0.717) is 12.3 Å². The number of hydrogen-bond acceptors (Lipinski definition) is 4. The maximum atomic E-state index is 10.9. The summed E-state index contributed by atoms with van der Waals surface area (Å²) >= 11 is 5.17. The fraction of sp³-hybridized carbons (Fsp3) is 0.615. The number of halogens is 1. The highest BCUT2D eigenvalue weighted by atomic mass is 79.9. The van der Waals surface area contributed by atoms with Crippen molar-refractivity contribution in [3.05, 3.63) is 15.4 Å². The number of primary amides is 1. The van der Waals surface area contributed by atoms with Crippen LogP contribution in [0.5, 0.6) is 5.06 Å². The molecule has 0 aromatic carbocycles. The van der Waals surface area contributed by atoms with Crippen LogP contribution in [0.1, 0.15) is 24.1 Å². The molecule has 1 aliphatic rings. The van der Waals surface area contributed by atoms with E-state index < -0.39 is 0 Å². The van der Waals surface area contributed by atoms with Gasteiger partial charge in [0.1, 0.15) is 0 Å². The minimum atomic E-state index is -0.176. The third kappa shape index (κ3) is 4.19. The standard InChI is InChI=1S/C13H19BrN2O2S/c1-18-13-11(14)7-10(19-13)8-16-4-2-9(3-5-16)6-12(15)17/h7,9H,2-6,8H2,1H3,(H2,15,17). The molecule has 1 fully saturated rings. The number of nitrogens with two attached hydrogens (primary N) is 1. The van der Waals surface area contributed by atoms with Crippen LogP contribution in [-0.2, 0) is 11.3 Å². The van der Waals surface area contributed by atoms with Crippen molar-refractivity contribution in [1.29, 1.82) is 0 Å². The van der Waals surface area contributed by atoms with Gasteiger partial charge in [-0.05, 0) is 53.8 Å². The molecule has 4 nitrogen and oxygen atoms in total. The van der Waals surface area contributed by atoms with E-state index in [1.165, 1.54) is 4.88 Å². The van der Waals surface area contributed by atoms with Crippen molar-refractivity contribution in [2.75, 3.05) is 20.2 Å². The predicted molar refractivity (Wildman–Crippen MR) is 80.4 cm³/mol. The first-order valence-electron chi connectivity index (χ1n) is 6.41. The lowest BCUT2D eigenvalue weighted by atomic mass is 9.93. The van der Waals surface area contributed by atoms with Gasteiger partial charge in [-0.15, -0.1) is 11.3 Å². The summed E-state index contributed by atoms with van der Waals surface area (Å²) in [6.45, 7) is 3.03. The summed E-state index contributed by atoms with van der Waals surface area (Å²) in [7, 11) is 1.69. The number of thiophene rings is 1. The summed E-state index contributed by atoms with van der Waals surface area (Å²) in [5.41, 5.74) is 5.25.